The highest BCUT2D eigenvalue weighted by Crippen LogP contribution is 2.26. The van der Waals surface area contributed by atoms with Crippen LogP contribution in [0.5, 0.6) is 5.75 Å². The van der Waals surface area contributed by atoms with Crippen LogP contribution in [0.1, 0.15) is 23.0 Å². The standard InChI is InChI=1S/C11H15NO4S/c1-4-7(11(14)15)12(2)10(13)9-8(16-3)5-6-17-9/h5-7H,4H2,1-3H3,(H,14,15). The van der Waals surface area contributed by atoms with Crippen molar-refractivity contribution in [2.45, 2.75) is 19.4 Å². The molecule has 1 aromatic heterocycles. The van der Waals surface area contributed by atoms with E-state index in [9.17, 15) is 9.59 Å². The molecule has 0 aliphatic carbocycles. The lowest BCUT2D eigenvalue weighted by Crippen LogP contribution is -2.41. The van der Waals surface area contributed by atoms with E-state index >= 15 is 0 Å². The zero-order valence-electron chi connectivity index (χ0n) is 9.97. The number of methoxy groups -OCH3 is 1. The van der Waals surface area contributed by atoms with E-state index in [2.05, 4.69) is 0 Å². The molecule has 0 bridgehead atoms. The number of carboxylic acid groups (broad SMARTS) is 1. The Morgan fingerprint density at radius 1 is 1.59 bits per heavy atom. The average molecular weight is 257 g/mol. The fraction of sp³-hybridized carbons (Fsp3) is 0.455. The zero-order valence-corrected chi connectivity index (χ0v) is 10.8. The van der Waals surface area contributed by atoms with E-state index in [1.807, 2.05) is 0 Å². The van der Waals surface area contributed by atoms with Gasteiger partial charge in [-0.25, -0.2) is 4.79 Å². The van der Waals surface area contributed by atoms with E-state index in [0.29, 0.717) is 17.0 Å². The van der Waals surface area contributed by atoms with Crippen molar-refractivity contribution < 1.29 is 19.4 Å². The molecule has 0 spiro atoms. The summed E-state index contributed by atoms with van der Waals surface area (Å²) in [5.74, 6) is -0.850. The molecule has 1 amide bonds. The number of carbonyl (C=O) groups excluding carboxylic acids is 1. The summed E-state index contributed by atoms with van der Waals surface area (Å²) in [7, 11) is 2.97. The van der Waals surface area contributed by atoms with Gasteiger partial charge < -0.3 is 14.7 Å². The second-order valence-corrected chi connectivity index (χ2v) is 4.41. The first-order valence-electron chi connectivity index (χ1n) is 5.14. The molecule has 0 aliphatic heterocycles. The number of hydrogen-bond acceptors (Lipinski definition) is 4. The fourth-order valence-electron chi connectivity index (χ4n) is 1.53. The molecule has 1 unspecified atom stereocenters. The number of likely N-dealkylation sites (N-methyl/N-ethyl adjacent to an activating group) is 1. The third-order valence-corrected chi connectivity index (χ3v) is 3.39. The summed E-state index contributed by atoms with van der Waals surface area (Å²) in [6.07, 6.45) is 0.366. The predicted octanol–water partition coefficient (Wildman–Crippen LogP) is 1.69. The number of hydrogen-bond donors (Lipinski definition) is 1. The highest BCUT2D eigenvalue weighted by Gasteiger charge is 2.27. The monoisotopic (exact) mass is 257 g/mol. The minimum Gasteiger partial charge on any atom is -0.495 e. The maximum Gasteiger partial charge on any atom is 0.326 e. The van der Waals surface area contributed by atoms with E-state index in [4.69, 9.17) is 9.84 Å². The number of carbonyl (C=O) groups is 2. The van der Waals surface area contributed by atoms with Gasteiger partial charge in [-0.15, -0.1) is 11.3 Å². The third-order valence-electron chi connectivity index (χ3n) is 2.50. The smallest absolute Gasteiger partial charge is 0.326 e. The van der Waals surface area contributed by atoms with Crippen LogP contribution < -0.4 is 4.74 Å². The van der Waals surface area contributed by atoms with Crippen LogP contribution in [-0.4, -0.2) is 42.1 Å². The van der Waals surface area contributed by atoms with Crippen LogP contribution in [0.25, 0.3) is 0 Å². The van der Waals surface area contributed by atoms with E-state index in [-0.39, 0.29) is 5.91 Å². The molecule has 1 rings (SSSR count). The summed E-state index contributed by atoms with van der Waals surface area (Å²) in [6.45, 7) is 1.73. The summed E-state index contributed by atoms with van der Waals surface area (Å²) < 4.78 is 5.05. The van der Waals surface area contributed by atoms with Gasteiger partial charge >= 0.3 is 5.97 Å². The maximum absolute atomic E-state index is 12.1. The van der Waals surface area contributed by atoms with Crippen molar-refractivity contribution in [2.24, 2.45) is 0 Å². The summed E-state index contributed by atoms with van der Waals surface area (Å²) in [5.41, 5.74) is 0. The predicted molar refractivity (Wildman–Crippen MR) is 64.7 cm³/mol. The molecule has 17 heavy (non-hydrogen) atoms. The van der Waals surface area contributed by atoms with Gasteiger partial charge in [-0.05, 0) is 17.9 Å². The number of ether oxygens (including phenoxy) is 1. The number of thiophene rings is 1. The molecule has 5 nitrogen and oxygen atoms in total. The number of aliphatic carboxylic acids is 1. The molecule has 1 N–H and O–H groups in total. The molecule has 0 aliphatic rings. The molecule has 6 heteroatoms. The van der Waals surface area contributed by atoms with Crippen molar-refractivity contribution >= 4 is 23.2 Å². The van der Waals surface area contributed by atoms with Crippen LogP contribution >= 0.6 is 11.3 Å². The Kier molecular flexibility index (Phi) is 4.51. The van der Waals surface area contributed by atoms with E-state index in [0.717, 1.165) is 0 Å². The lowest BCUT2D eigenvalue weighted by atomic mass is 10.2. The van der Waals surface area contributed by atoms with Crippen molar-refractivity contribution in [1.82, 2.24) is 4.90 Å². The average Bonchev–Trinajstić information content (AvgIpc) is 2.76. The third kappa shape index (κ3) is 2.76. The van der Waals surface area contributed by atoms with Crippen LogP contribution in [0.2, 0.25) is 0 Å². The minimum absolute atomic E-state index is 0.328. The number of amides is 1. The summed E-state index contributed by atoms with van der Waals surface area (Å²) in [5, 5.41) is 10.7. The molecular weight excluding hydrogens is 242 g/mol. The van der Waals surface area contributed by atoms with E-state index in [1.165, 1.54) is 30.4 Å². The molecule has 1 atom stereocenters. The lowest BCUT2D eigenvalue weighted by molar-refractivity contribution is -0.142. The Labute approximate surface area is 104 Å². The second kappa shape index (κ2) is 5.67. The first kappa shape index (κ1) is 13.5. The van der Waals surface area contributed by atoms with E-state index in [1.54, 1.807) is 18.4 Å². The lowest BCUT2D eigenvalue weighted by Gasteiger charge is -2.23. The van der Waals surface area contributed by atoms with Crippen LogP contribution in [0.15, 0.2) is 11.4 Å². The van der Waals surface area contributed by atoms with Crippen LogP contribution in [0, 0.1) is 0 Å². The van der Waals surface area contributed by atoms with Gasteiger partial charge in [0.05, 0.1) is 7.11 Å². The van der Waals surface area contributed by atoms with E-state index < -0.39 is 12.0 Å². The number of carboxylic acids is 1. The Morgan fingerprint density at radius 3 is 2.71 bits per heavy atom. The van der Waals surface area contributed by atoms with Crippen molar-refractivity contribution in [2.75, 3.05) is 14.2 Å². The van der Waals surface area contributed by atoms with Gasteiger partial charge in [0, 0.05) is 7.05 Å². The van der Waals surface area contributed by atoms with Crippen molar-refractivity contribution in [3.63, 3.8) is 0 Å². The summed E-state index contributed by atoms with van der Waals surface area (Å²) in [4.78, 5) is 24.7. The topological polar surface area (TPSA) is 66.8 Å². The molecule has 0 saturated heterocycles. The first-order chi connectivity index (χ1) is 8.02. The largest absolute Gasteiger partial charge is 0.495 e. The normalized spacial score (nSPS) is 11.9. The maximum atomic E-state index is 12.1. The quantitative estimate of drug-likeness (QED) is 0.871. The molecule has 94 valence electrons. The van der Waals surface area contributed by atoms with Crippen molar-refractivity contribution in [3.05, 3.63) is 16.3 Å². The zero-order chi connectivity index (χ0) is 13.0. The molecule has 1 heterocycles. The van der Waals surface area contributed by atoms with Crippen LogP contribution in [0.4, 0.5) is 0 Å². The van der Waals surface area contributed by atoms with Gasteiger partial charge in [0.25, 0.3) is 5.91 Å². The SMILES string of the molecule is CCC(C(=O)O)N(C)C(=O)c1sccc1OC. The Balaban J connectivity index is 2.93. The van der Waals surface area contributed by atoms with Gasteiger partial charge in [0.15, 0.2) is 0 Å². The molecule has 0 saturated carbocycles. The molecule has 0 radical (unpaired) electrons. The fourth-order valence-corrected chi connectivity index (χ4v) is 2.37. The van der Waals surface area contributed by atoms with Gasteiger partial charge in [-0.3, -0.25) is 4.79 Å². The number of nitrogens with zero attached hydrogens (tertiary/aromatic N) is 1. The van der Waals surface area contributed by atoms with Crippen molar-refractivity contribution in [1.29, 1.82) is 0 Å². The number of rotatable bonds is 5. The molecule has 1 aromatic rings. The van der Waals surface area contributed by atoms with Crippen LogP contribution in [0.3, 0.4) is 0 Å². The second-order valence-electron chi connectivity index (χ2n) is 3.50. The van der Waals surface area contributed by atoms with Crippen molar-refractivity contribution in [3.8, 4) is 5.75 Å². The van der Waals surface area contributed by atoms with Gasteiger partial charge in [0.1, 0.15) is 16.7 Å². The molecular formula is C11H15NO4S. The van der Waals surface area contributed by atoms with Gasteiger partial charge in [-0.1, -0.05) is 6.92 Å². The van der Waals surface area contributed by atoms with Crippen LogP contribution in [-0.2, 0) is 4.79 Å². The minimum atomic E-state index is -1.00. The van der Waals surface area contributed by atoms with Gasteiger partial charge in [0.2, 0.25) is 0 Å². The van der Waals surface area contributed by atoms with Gasteiger partial charge in [-0.2, -0.15) is 0 Å². The Bertz CT molecular complexity index is 415. The summed E-state index contributed by atoms with van der Waals surface area (Å²) in [6, 6.07) is 0.877. The Hall–Kier alpha value is -1.56. The molecule has 0 aromatic carbocycles. The Morgan fingerprint density at radius 2 is 2.24 bits per heavy atom. The molecule has 0 fully saturated rings. The highest BCUT2D eigenvalue weighted by atomic mass is 32.1. The summed E-state index contributed by atoms with van der Waals surface area (Å²) >= 11 is 1.24. The highest BCUT2D eigenvalue weighted by molar-refractivity contribution is 7.12. The first-order valence-corrected chi connectivity index (χ1v) is 6.02.